The van der Waals surface area contributed by atoms with Crippen LogP contribution in [0.25, 0.3) is 0 Å². The Labute approximate surface area is 93.5 Å². The molecule has 0 spiro atoms. The van der Waals surface area contributed by atoms with Crippen molar-refractivity contribution in [1.29, 1.82) is 0 Å². The number of H-pyrrole nitrogens is 1. The molecule has 0 radical (unpaired) electrons. The maximum atomic E-state index is 5.91. The van der Waals surface area contributed by atoms with E-state index in [1.165, 1.54) is 5.56 Å². The Balaban J connectivity index is 2.07. The van der Waals surface area contributed by atoms with Crippen LogP contribution in [-0.2, 0) is 6.54 Å². The number of imidazole rings is 1. The van der Waals surface area contributed by atoms with Crippen molar-refractivity contribution in [2.75, 3.05) is 5.32 Å². The van der Waals surface area contributed by atoms with E-state index in [1.807, 2.05) is 31.3 Å². The molecule has 0 fully saturated rings. The molecule has 0 aliphatic carbocycles. The Bertz CT molecular complexity index is 437. The van der Waals surface area contributed by atoms with Crippen LogP contribution < -0.4 is 5.32 Å². The standard InChI is InChI=1S/C11H12ClN3/c1-8-2-3-9(12)6-10(8)15-7-11-13-4-5-14-11/h2-6,15H,7H2,1H3,(H,13,14). The molecule has 0 aliphatic heterocycles. The quantitative estimate of drug-likeness (QED) is 0.837. The van der Waals surface area contributed by atoms with Gasteiger partial charge < -0.3 is 10.3 Å². The van der Waals surface area contributed by atoms with Crippen molar-refractivity contribution in [3.05, 3.63) is 47.0 Å². The van der Waals surface area contributed by atoms with Gasteiger partial charge in [-0.2, -0.15) is 0 Å². The second-order valence-corrected chi connectivity index (χ2v) is 3.79. The van der Waals surface area contributed by atoms with Gasteiger partial charge in [-0.05, 0) is 24.6 Å². The highest BCUT2D eigenvalue weighted by Crippen LogP contribution is 2.20. The smallest absolute Gasteiger partial charge is 0.125 e. The monoisotopic (exact) mass is 221 g/mol. The number of nitrogens with one attached hydrogen (secondary N) is 2. The molecular formula is C11H12ClN3. The van der Waals surface area contributed by atoms with Gasteiger partial charge in [0.25, 0.3) is 0 Å². The lowest BCUT2D eigenvalue weighted by Gasteiger charge is -2.08. The molecule has 0 amide bonds. The zero-order valence-corrected chi connectivity index (χ0v) is 9.17. The summed E-state index contributed by atoms with van der Waals surface area (Å²) < 4.78 is 0. The molecular weight excluding hydrogens is 210 g/mol. The van der Waals surface area contributed by atoms with E-state index in [0.29, 0.717) is 6.54 Å². The normalized spacial score (nSPS) is 10.3. The van der Waals surface area contributed by atoms with E-state index in [4.69, 9.17) is 11.6 Å². The van der Waals surface area contributed by atoms with Crippen molar-refractivity contribution in [2.24, 2.45) is 0 Å². The third-order valence-corrected chi connectivity index (χ3v) is 2.44. The summed E-state index contributed by atoms with van der Waals surface area (Å²) in [6, 6.07) is 5.79. The van der Waals surface area contributed by atoms with Gasteiger partial charge in [-0.25, -0.2) is 4.98 Å². The number of anilines is 1. The molecule has 78 valence electrons. The molecule has 1 aromatic carbocycles. The summed E-state index contributed by atoms with van der Waals surface area (Å²) in [7, 11) is 0. The average Bonchev–Trinajstić information content (AvgIpc) is 2.72. The summed E-state index contributed by atoms with van der Waals surface area (Å²) in [6.45, 7) is 2.72. The van der Waals surface area contributed by atoms with Crippen LogP contribution in [0.3, 0.4) is 0 Å². The summed E-state index contributed by atoms with van der Waals surface area (Å²) in [5.41, 5.74) is 2.21. The molecule has 0 bridgehead atoms. The molecule has 4 heteroatoms. The summed E-state index contributed by atoms with van der Waals surface area (Å²) in [6.07, 6.45) is 3.55. The average molecular weight is 222 g/mol. The van der Waals surface area contributed by atoms with E-state index in [0.717, 1.165) is 16.5 Å². The van der Waals surface area contributed by atoms with Gasteiger partial charge in [-0.15, -0.1) is 0 Å². The number of aromatic nitrogens is 2. The van der Waals surface area contributed by atoms with Crippen LogP contribution in [0.4, 0.5) is 5.69 Å². The van der Waals surface area contributed by atoms with E-state index in [2.05, 4.69) is 15.3 Å². The van der Waals surface area contributed by atoms with Gasteiger partial charge in [-0.3, -0.25) is 0 Å². The fourth-order valence-corrected chi connectivity index (χ4v) is 1.53. The van der Waals surface area contributed by atoms with Crippen LogP contribution in [-0.4, -0.2) is 9.97 Å². The fourth-order valence-electron chi connectivity index (χ4n) is 1.36. The van der Waals surface area contributed by atoms with Crippen LogP contribution in [0.1, 0.15) is 11.4 Å². The molecule has 0 aliphatic rings. The number of benzene rings is 1. The third kappa shape index (κ3) is 2.50. The van der Waals surface area contributed by atoms with Gasteiger partial charge in [0.15, 0.2) is 0 Å². The van der Waals surface area contributed by atoms with E-state index in [1.54, 1.807) is 6.20 Å². The third-order valence-electron chi connectivity index (χ3n) is 2.20. The van der Waals surface area contributed by atoms with Crippen molar-refractivity contribution < 1.29 is 0 Å². The Kier molecular flexibility index (Phi) is 2.92. The van der Waals surface area contributed by atoms with Crippen LogP contribution in [0.15, 0.2) is 30.6 Å². The minimum Gasteiger partial charge on any atom is -0.378 e. The summed E-state index contributed by atoms with van der Waals surface area (Å²) in [5.74, 6) is 0.911. The predicted octanol–water partition coefficient (Wildman–Crippen LogP) is 2.98. The largest absolute Gasteiger partial charge is 0.378 e. The minimum absolute atomic E-state index is 0.675. The van der Waals surface area contributed by atoms with Gasteiger partial charge in [0.05, 0.1) is 6.54 Å². The first-order chi connectivity index (χ1) is 7.25. The van der Waals surface area contributed by atoms with Crippen LogP contribution in [0, 0.1) is 6.92 Å². The molecule has 0 atom stereocenters. The Morgan fingerprint density at radius 3 is 3.07 bits per heavy atom. The van der Waals surface area contributed by atoms with Crippen molar-refractivity contribution >= 4 is 17.3 Å². The van der Waals surface area contributed by atoms with E-state index < -0.39 is 0 Å². The first-order valence-electron chi connectivity index (χ1n) is 4.74. The molecule has 0 saturated heterocycles. The van der Waals surface area contributed by atoms with Gasteiger partial charge >= 0.3 is 0 Å². The molecule has 0 saturated carbocycles. The van der Waals surface area contributed by atoms with E-state index >= 15 is 0 Å². The molecule has 2 aromatic rings. The minimum atomic E-state index is 0.675. The number of hydrogen-bond acceptors (Lipinski definition) is 2. The number of aryl methyl sites for hydroxylation is 1. The molecule has 15 heavy (non-hydrogen) atoms. The Morgan fingerprint density at radius 2 is 2.33 bits per heavy atom. The Hall–Kier alpha value is -1.48. The highest BCUT2D eigenvalue weighted by atomic mass is 35.5. The fraction of sp³-hybridized carbons (Fsp3) is 0.182. The van der Waals surface area contributed by atoms with E-state index in [9.17, 15) is 0 Å². The maximum absolute atomic E-state index is 5.91. The number of aromatic amines is 1. The van der Waals surface area contributed by atoms with Crippen molar-refractivity contribution in [2.45, 2.75) is 13.5 Å². The van der Waals surface area contributed by atoms with Crippen molar-refractivity contribution in [3.8, 4) is 0 Å². The van der Waals surface area contributed by atoms with Crippen LogP contribution >= 0.6 is 11.6 Å². The molecule has 0 unspecified atom stereocenters. The van der Waals surface area contributed by atoms with Gasteiger partial charge in [-0.1, -0.05) is 17.7 Å². The van der Waals surface area contributed by atoms with Gasteiger partial charge in [0.1, 0.15) is 5.82 Å². The topological polar surface area (TPSA) is 40.7 Å². The zero-order valence-electron chi connectivity index (χ0n) is 8.42. The molecule has 1 heterocycles. The lowest BCUT2D eigenvalue weighted by molar-refractivity contribution is 0.997. The Morgan fingerprint density at radius 1 is 1.47 bits per heavy atom. The number of rotatable bonds is 3. The SMILES string of the molecule is Cc1ccc(Cl)cc1NCc1ncc[nH]1. The summed E-state index contributed by atoms with van der Waals surface area (Å²) >= 11 is 5.91. The predicted molar refractivity (Wildman–Crippen MR) is 62.1 cm³/mol. The molecule has 3 nitrogen and oxygen atoms in total. The number of halogens is 1. The van der Waals surface area contributed by atoms with Crippen LogP contribution in [0.5, 0.6) is 0 Å². The summed E-state index contributed by atoms with van der Waals surface area (Å²) in [5, 5.41) is 4.02. The van der Waals surface area contributed by atoms with Gasteiger partial charge in [0.2, 0.25) is 0 Å². The zero-order chi connectivity index (χ0) is 10.7. The molecule has 2 N–H and O–H groups in total. The van der Waals surface area contributed by atoms with E-state index in [-0.39, 0.29) is 0 Å². The second kappa shape index (κ2) is 4.36. The lowest BCUT2D eigenvalue weighted by atomic mass is 10.2. The first-order valence-corrected chi connectivity index (χ1v) is 5.12. The summed E-state index contributed by atoms with van der Waals surface area (Å²) in [4.78, 5) is 7.17. The van der Waals surface area contributed by atoms with Gasteiger partial charge in [0, 0.05) is 23.1 Å². The maximum Gasteiger partial charge on any atom is 0.125 e. The second-order valence-electron chi connectivity index (χ2n) is 3.35. The number of nitrogens with zero attached hydrogens (tertiary/aromatic N) is 1. The number of hydrogen-bond donors (Lipinski definition) is 2. The highest BCUT2D eigenvalue weighted by molar-refractivity contribution is 6.30. The van der Waals surface area contributed by atoms with Crippen LogP contribution in [0.2, 0.25) is 5.02 Å². The lowest BCUT2D eigenvalue weighted by Crippen LogP contribution is -2.02. The van der Waals surface area contributed by atoms with Crippen molar-refractivity contribution in [1.82, 2.24) is 9.97 Å². The molecule has 2 rings (SSSR count). The first kappa shape index (κ1) is 10.1. The van der Waals surface area contributed by atoms with Crippen molar-refractivity contribution in [3.63, 3.8) is 0 Å². The molecule has 1 aromatic heterocycles. The highest BCUT2D eigenvalue weighted by Gasteiger charge is 1.99.